The highest BCUT2D eigenvalue weighted by molar-refractivity contribution is 5.46. The highest BCUT2D eigenvalue weighted by Crippen LogP contribution is 2.31. The number of benzene rings is 1. The second-order valence-corrected chi connectivity index (χ2v) is 4.20. The van der Waals surface area contributed by atoms with E-state index in [0.717, 1.165) is 29.9 Å². The lowest BCUT2D eigenvalue weighted by Gasteiger charge is -2.15. The van der Waals surface area contributed by atoms with E-state index in [4.69, 9.17) is 9.47 Å². The minimum absolute atomic E-state index is 0.380. The smallest absolute Gasteiger partial charge is 0.164 e. The highest BCUT2D eigenvalue weighted by Gasteiger charge is 2.11. The van der Waals surface area contributed by atoms with Crippen molar-refractivity contribution in [1.29, 1.82) is 0 Å². The van der Waals surface area contributed by atoms with Crippen LogP contribution in [0.3, 0.4) is 0 Å². The maximum absolute atomic E-state index is 9.43. The molecule has 17 heavy (non-hydrogen) atoms. The number of hydrogen-bond donors (Lipinski definition) is 1. The molecule has 0 aliphatic heterocycles. The predicted octanol–water partition coefficient (Wildman–Crippen LogP) is 2.80. The molecule has 0 saturated heterocycles. The van der Waals surface area contributed by atoms with E-state index in [2.05, 4.69) is 6.92 Å². The molecule has 1 rings (SSSR count). The number of hydrogen-bond acceptors (Lipinski definition) is 3. The van der Waals surface area contributed by atoms with Crippen molar-refractivity contribution in [2.45, 2.75) is 39.2 Å². The summed E-state index contributed by atoms with van der Waals surface area (Å²) in [5, 5.41) is 9.43. The number of aliphatic hydroxyl groups is 1. The van der Waals surface area contributed by atoms with Gasteiger partial charge in [-0.3, -0.25) is 0 Å². The zero-order chi connectivity index (χ0) is 12.7. The molecule has 0 amide bonds. The van der Waals surface area contributed by atoms with Gasteiger partial charge in [0.2, 0.25) is 0 Å². The molecule has 3 nitrogen and oxygen atoms in total. The third-order valence-electron chi connectivity index (χ3n) is 2.54. The average molecular weight is 238 g/mol. The third kappa shape index (κ3) is 4.27. The van der Waals surface area contributed by atoms with E-state index in [0.29, 0.717) is 13.0 Å². The molecule has 0 heterocycles. The Balaban J connectivity index is 2.81. The molecule has 0 aliphatic carbocycles. The Bertz CT molecular complexity index is 334. The van der Waals surface area contributed by atoms with E-state index in [1.54, 1.807) is 14.0 Å². The van der Waals surface area contributed by atoms with Gasteiger partial charge in [0.05, 0.1) is 19.8 Å². The second kappa shape index (κ2) is 7.17. The molecule has 1 N–H and O–H groups in total. The lowest BCUT2D eigenvalue weighted by Crippen LogP contribution is -2.07. The molecule has 1 aromatic carbocycles. The van der Waals surface area contributed by atoms with Gasteiger partial charge in [-0.25, -0.2) is 0 Å². The van der Waals surface area contributed by atoms with Crippen molar-refractivity contribution in [3.05, 3.63) is 23.8 Å². The van der Waals surface area contributed by atoms with Gasteiger partial charge in [0.25, 0.3) is 0 Å². The second-order valence-electron chi connectivity index (χ2n) is 4.20. The molecule has 96 valence electrons. The Hall–Kier alpha value is -1.22. The summed E-state index contributed by atoms with van der Waals surface area (Å²) in [6.45, 7) is 4.60. The summed E-state index contributed by atoms with van der Waals surface area (Å²) in [6.07, 6.45) is 2.34. The molecule has 0 bridgehead atoms. The number of rotatable bonds is 7. The molecule has 1 atom stereocenters. The van der Waals surface area contributed by atoms with E-state index in [1.165, 1.54) is 0 Å². The number of unbranched alkanes of at least 4 members (excludes halogenated alkanes) is 1. The van der Waals surface area contributed by atoms with Crippen LogP contribution in [0.1, 0.15) is 32.3 Å². The molecular weight excluding hydrogens is 216 g/mol. The number of aliphatic hydroxyl groups excluding tert-OH is 1. The predicted molar refractivity (Wildman–Crippen MR) is 68.8 cm³/mol. The highest BCUT2D eigenvalue weighted by atomic mass is 16.5. The fourth-order valence-corrected chi connectivity index (χ4v) is 1.71. The van der Waals surface area contributed by atoms with Crippen molar-refractivity contribution in [2.24, 2.45) is 0 Å². The number of para-hydroxylation sites is 1. The zero-order valence-corrected chi connectivity index (χ0v) is 10.9. The molecule has 3 heteroatoms. The van der Waals surface area contributed by atoms with E-state index >= 15 is 0 Å². The van der Waals surface area contributed by atoms with Crippen molar-refractivity contribution in [1.82, 2.24) is 0 Å². The molecule has 1 aromatic rings. The van der Waals surface area contributed by atoms with Gasteiger partial charge >= 0.3 is 0 Å². The fraction of sp³-hybridized carbons (Fsp3) is 0.571. The Kier molecular flexibility index (Phi) is 5.84. The Morgan fingerprint density at radius 3 is 2.71 bits per heavy atom. The maximum atomic E-state index is 9.43. The van der Waals surface area contributed by atoms with Crippen molar-refractivity contribution < 1.29 is 14.6 Å². The van der Waals surface area contributed by atoms with Crippen molar-refractivity contribution in [3.8, 4) is 11.5 Å². The van der Waals surface area contributed by atoms with Gasteiger partial charge in [-0.2, -0.15) is 0 Å². The summed E-state index contributed by atoms with van der Waals surface area (Å²) in [5.41, 5.74) is 0.983. The number of methoxy groups -OCH3 is 1. The van der Waals surface area contributed by atoms with E-state index in [-0.39, 0.29) is 6.10 Å². The van der Waals surface area contributed by atoms with Crippen LogP contribution < -0.4 is 9.47 Å². The quantitative estimate of drug-likeness (QED) is 0.742. The van der Waals surface area contributed by atoms with E-state index in [9.17, 15) is 5.11 Å². The third-order valence-corrected chi connectivity index (χ3v) is 2.54. The first-order chi connectivity index (χ1) is 8.19. The molecule has 0 fully saturated rings. The van der Waals surface area contributed by atoms with Crippen LogP contribution in [0.15, 0.2) is 18.2 Å². The Morgan fingerprint density at radius 1 is 1.35 bits per heavy atom. The standard InChI is InChI=1S/C14H22O3/c1-4-5-9-17-13-8-6-7-12(10-11(2)15)14(13)16-3/h6-8,11,15H,4-5,9-10H2,1-3H3. The molecule has 1 unspecified atom stereocenters. The summed E-state index contributed by atoms with van der Waals surface area (Å²) in [7, 11) is 1.63. The summed E-state index contributed by atoms with van der Waals surface area (Å²) in [6, 6.07) is 5.79. The van der Waals surface area contributed by atoms with Crippen LogP contribution in [0.25, 0.3) is 0 Å². The monoisotopic (exact) mass is 238 g/mol. The first kappa shape index (κ1) is 13.8. The molecule has 0 aromatic heterocycles. The van der Waals surface area contributed by atoms with Crippen LogP contribution in [0, 0.1) is 0 Å². The molecule has 0 radical (unpaired) electrons. The van der Waals surface area contributed by atoms with Gasteiger partial charge in [-0.05, 0) is 19.4 Å². The largest absolute Gasteiger partial charge is 0.493 e. The Morgan fingerprint density at radius 2 is 2.12 bits per heavy atom. The first-order valence-corrected chi connectivity index (χ1v) is 6.15. The topological polar surface area (TPSA) is 38.7 Å². The summed E-state index contributed by atoms with van der Waals surface area (Å²) in [4.78, 5) is 0. The molecule has 0 aliphatic rings. The first-order valence-electron chi connectivity index (χ1n) is 6.15. The van der Waals surface area contributed by atoms with E-state index in [1.807, 2.05) is 18.2 Å². The van der Waals surface area contributed by atoms with Crippen LogP contribution >= 0.6 is 0 Å². The zero-order valence-electron chi connectivity index (χ0n) is 10.9. The minimum Gasteiger partial charge on any atom is -0.493 e. The normalized spacial score (nSPS) is 12.2. The van der Waals surface area contributed by atoms with Crippen molar-refractivity contribution in [3.63, 3.8) is 0 Å². The summed E-state index contributed by atoms with van der Waals surface area (Å²) in [5.74, 6) is 1.50. The lowest BCUT2D eigenvalue weighted by molar-refractivity contribution is 0.193. The summed E-state index contributed by atoms with van der Waals surface area (Å²) < 4.78 is 11.1. The summed E-state index contributed by atoms with van der Waals surface area (Å²) >= 11 is 0. The number of ether oxygens (including phenoxy) is 2. The van der Waals surface area contributed by atoms with Crippen molar-refractivity contribution in [2.75, 3.05) is 13.7 Å². The van der Waals surface area contributed by atoms with Gasteiger partial charge in [0.15, 0.2) is 11.5 Å². The van der Waals surface area contributed by atoms with Crippen LogP contribution in [-0.2, 0) is 6.42 Å². The van der Waals surface area contributed by atoms with Crippen LogP contribution in [0.2, 0.25) is 0 Å². The molecular formula is C14H22O3. The Labute approximate surface area is 103 Å². The average Bonchev–Trinajstić information content (AvgIpc) is 2.29. The van der Waals surface area contributed by atoms with Crippen LogP contribution in [-0.4, -0.2) is 24.9 Å². The van der Waals surface area contributed by atoms with Crippen LogP contribution in [0.5, 0.6) is 11.5 Å². The SMILES string of the molecule is CCCCOc1cccc(CC(C)O)c1OC. The van der Waals surface area contributed by atoms with Crippen LogP contribution in [0.4, 0.5) is 0 Å². The van der Waals surface area contributed by atoms with Gasteiger partial charge in [-0.1, -0.05) is 25.5 Å². The fourth-order valence-electron chi connectivity index (χ4n) is 1.71. The maximum Gasteiger partial charge on any atom is 0.164 e. The van der Waals surface area contributed by atoms with Gasteiger partial charge in [-0.15, -0.1) is 0 Å². The minimum atomic E-state index is -0.380. The lowest BCUT2D eigenvalue weighted by atomic mass is 10.1. The molecule has 0 saturated carbocycles. The molecule has 0 spiro atoms. The van der Waals surface area contributed by atoms with Crippen molar-refractivity contribution >= 4 is 0 Å². The van der Waals surface area contributed by atoms with E-state index < -0.39 is 0 Å². The van der Waals surface area contributed by atoms with Gasteiger partial charge < -0.3 is 14.6 Å². The van der Waals surface area contributed by atoms with Gasteiger partial charge in [0, 0.05) is 12.0 Å². The van der Waals surface area contributed by atoms with Gasteiger partial charge in [0.1, 0.15) is 0 Å².